The van der Waals surface area contributed by atoms with Crippen molar-refractivity contribution in [3.8, 4) is 0 Å². The zero-order valence-corrected chi connectivity index (χ0v) is 15.6. The smallest absolute Gasteiger partial charge is 0.382 e. The Morgan fingerprint density at radius 1 is 1.25 bits per heavy atom. The zero-order chi connectivity index (χ0) is 20.5. The standard InChI is InChI=1S/C20H22F3N3O2/c1-3-4-12-10-16(14-9-11(2)5-7-15(14)24-12)25-18(27)13-6-8-17(20(21,22)23)26-19(13)28/h5-9,12,16,24H,3-4,10H2,1-2H3,(H,25,27)(H,26,28). The molecule has 2 unspecified atom stereocenters. The van der Waals surface area contributed by atoms with Crippen LogP contribution in [0.25, 0.3) is 0 Å². The molecule has 8 heteroatoms. The van der Waals surface area contributed by atoms with Crippen molar-refractivity contribution >= 4 is 11.6 Å². The van der Waals surface area contributed by atoms with E-state index in [-0.39, 0.29) is 17.6 Å². The van der Waals surface area contributed by atoms with Gasteiger partial charge in [-0.3, -0.25) is 9.59 Å². The van der Waals surface area contributed by atoms with Gasteiger partial charge in [-0.05, 0) is 43.5 Å². The van der Waals surface area contributed by atoms with E-state index in [1.165, 1.54) is 0 Å². The van der Waals surface area contributed by atoms with Crippen molar-refractivity contribution in [1.82, 2.24) is 10.3 Å². The number of H-pyrrole nitrogens is 1. The molecule has 1 amide bonds. The molecular weight excluding hydrogens is 371 g/mol. The topological polar surface area (TPSA) is 74.0 Å². The van der Waals surface area contributed by atoms with Crippen molar-refractivity contribution in [2.75, 3.05) is 5.32 Å². The normalized spacial score (nSPS) is 18.9. The molecule has 3 rings (SSSR count). The first-order valence-electron chi connectivity index (χ1n) is 9.17. The van der Waals surface area contributed by atoms with Crippen LogP contribution in [0.5, 0.6) is 0 Å². The van der Waals surface area contributed by atoms with E-state index in [1.54, 1.807) is 4.98 Å². The third-order valence-corrected chi connectivity index (χ3v) is 4.86. The van der Waals surface area contributed by atoms with Gasteiger partial charge in [-0.1, -0.05) is 31.0 Å². The Bertz CT molecular complexity index is 937. The highest BCUT2D eigenvalue weighted by molar-refractivity contribution is 5.94. The molecule has 5 nitrogen and oxygen atoms in total. The van der Waals surface area contributed by atoms with Crippen LogP contribution in [0, 0.1) is 6.92 Å². The second kappa shape index (κ2) is 7.69. The average Bonchev–Trinajstić information content (AvgIpc) is 2.61. The molecule has 2 heterocycles. The number of hydrogen-bond donors (Lipinski definition) is 3. The first-order valence-corrected chi connectivity index (χ1v) is 9.17. The second-order valence-corrected chi connectivity index (χ2v) is 7.09. The Hall–Kier alpha value is -2.77. The highest BCUT2D eigenvalue weighted by Crippen LogP contribution is 2.34. The number of rotatable bonds is 4. The number of amides is 1. The van der Waals surface area contributed by atoms with Crippen LogP contribution in [0.2, 0.25) is 0 Å². The molecule has 0 spiro atoms. The van der Waals surface area contributed by atoms with E-state index in [2.05, 4.69) is 17.6 Å². The lowest BCUT2D eigenvalue weighted by Crippen LogP contribution is -2.39. The fourth-order valence-electron chi connectivity index (χ4n) is 3.52. The van der Waals surface area contributed by atoms with E-state index in [4.69, 9.17) is 0 Å². The van der Waals surface area contributed by atoms with Gasteiger partial charge in [0.15, 0.2) is 0 Å². The first-order chi connectivity index (χ1) is 13.2. The molecule has 0 fully saturated rings. The minimum atomic E-state index is -4.67. The van der Waals surface area contributed by atoms with Crippen molar-refractivity contribution in [2.24, 2.45) is 0 Å². The summed E-state index contributed by atoms with van der Waals surface area (Å²) in [4.78, 5) is 26.4. The summed E-state index contributed by atoms with van der Waals surface area (Å²) in [5.41, 5.74) is 0.274. The van der Waals surface area contributed by atoms with Crippen molar-refractivity contribution in [1.29, 1.82) is 0 Å². The molecule has 1 aromatic heterocycles. The van der Waals surface area contributed by atoms with Crippen LogP contribution in [0.3, 0.4) is 0 Å². The van der Waals surface area contributed by atoms with Gasteiger partial charge >= 0.3 is 6.18 Å². The van der Waals surface area contributed by atoms with E-state index in [0.29, 0.717) is 12.5 Å². The molecule has 2 atom stereocenters. The van der Waals surface area contributed by atoms with E-state index >= 15 is 0 Å². The van der Waals surface area contributed by atoms with Crippen LogP contribution in [-0.4, -0.2) is 16.9 Å². The summed E-state index contributed by atoms with van der Waals surface area (Å²) in [5, 5.41) is 6.29. The van der Waals surface area contributed by atoms with Crippen LogP contribution in [-0.2, 0) is 6.18 Å². The molecule has 0 bridgehead atoms. The first kappa shape index (κ1) is 20.0. The number of hydrogen-bond acceptors (Lipinski definition) is 3. The number of fused-ring (bicyclic) bond motifs is 1. The van der Waals surface area contributed by atoms with E-state index in [1.807, 2.05) is 25.1 Å². The van der Waals surface area contributed by atoms with Crippen LogP contribution >= 0.6 is 0 Å². The van der Waals surface area contributed by atoms with Gasteiger partial charge < -0.3 is 15.6 Å². The Kier molecular flexibility index (Phi) is 5.49. The highest BCUT2D eigenvalue weighted by atomic mass is 19.4. The SMILES string of the molecule is CCCC1CC(NC(=O)c2ccc(C(F)(F)F)[nH]c2=O)c2cc(C)ccc2N1. The Balaban J connectivity index is 1.87. The molecule has 2 aromatic rings. The molecular formula is C20H22F3N3O2. The summed E-state index contributed by atoms with van der Waals surface area (Å²) < 4.78 is 38.1. The van der Waals surface area contributed by atoms with Crippen LogP contribution in [0.4, 0.5) is 18.9 Å². The molecule has 150 valence electrons. The van der Waals surface area contributed by atoms with Crippen LogP contribution < -0.4 is 16.2 Å². The third kappa shape index (κ3) is 4.21. The fraction of sp³-hybridized carbons (Fsp3) is 0.400. The summed E-state index contributed by atoms with van der Waals surface area (Å²) in [6, 6.07) is 7.34. The molecule has 0 aliphatic carbocycles. The lowest BCUT2D eigenvalue weighted by Gasteiger charge is -2.34. The van der Waals surface area contributed by atoms with Gasteiger partial charge in [0, 0.05) is 11.7 Å². The Labute approximate surface area is 160 Å². The average molecular weight is 393 g/mol. The van der Waals surface area contributed by atoms with Crippen LogP contribution in [0.15, 0.2) is 35.1 Å². The Morgan fingerprint density at radius 2 is 2.00 bits per heavy atom. The minimum Gasteiger partial charge on any atom is -0.382 e. The quantitative estimate of drug-likeness (QED) is 0.730. The van der Waals surface area contributed by atoms with Gasteiger partial charge in [0.25, 0.3) is 11.5 Å². The number of aromatic nitrogens is 1. The number of carbonyl (C=O) groups excluding carboxylic acids is 1. The second-order valence-electron chi connectivity index (χ2n) is 7.09. The van der Waals surface area contributed by atoms with Gasteiger partial charge in [0.1, 0.15) is 11.3 Å². The maximum atomic E-state index is 12.7. The zero-order valence-electron chi connectivity index (χ0n) is 15.6. The number of aryl methyl sites for hydroxylation is 1. The number of anilines is 1. The number of pyridine rings is 1. The van der Waals surface area contributed by atoms with Gasteiger partial charge in [0.05, 0.1) is 6.04 Å². The number of nitrogens with one attached hydrogen (secondary N) is 3. The largest absolute Gasteiger partial charge is 0.431 e. The van der Waals surface area contributed by atoms with Gasteiger partial charge in [-0.15, -0.1) is 0 Å². The van der Waals surface area contributed by atoms with Crippen molar-refractivity contribution in [2.45, 2.75) is 51.4 Å². The molecule has 3 N–H and O–H groups in total. The minimum absolute atomic E-state index is 0.163. The van der Waals surface area contributed by atoms with Gasteiger partial charge in [-0.2, -0.15) is 13.2 Å². The Morgan fingerprint density at radius 3 is 2.64 bits per heavy atom. The fourth-order valence-corrected chi connectivity index (χ4v) is 3.52. The van der Waals surface area contributed by atoms with Crippen molar-refractivity contribution in [3.63, 3.8) is 0 Å². The number of aromatic amines is 1. The number of alkyl halides is 3. The number of benzene rings is 1. The third-order valence-electron chi connectivity index (χ3n) is 4.86. The number of halogens is 3. The molecule has 0 saturated heterocycles. The predicted molar refractivity (Wildman–Crippen MR) is 100 cm³/mol. The number of carbonyl (C=O) groups is 1. The maximum Gasteiger partial charge on any atom is 0.431 e. The molecule has 1 aliphatic heterocycles. The summed E-state index contributed by atoms with van der Waals surface area (Å²) in [6.45, 7) is 4.01. The van der Waals surface area contributed by atoms with Crippen molar-refractivity contribution < 1.29 is 18.0 Å². The monoisotopic (exact) mass is 393 g/mol. The lowest BCUT2D eigenvalue weighted by molar-refractivity contribution is -0.141. The summed E-state index contributed by atoms with van der Waals surface area (Å²) in [7, 11) is 0. The maximum absolute atomic E-state index is 12.7. The molecule has 28 heavy (non-hydrogen) atoms. The van der Waals surface area contributed by atoms with Crippen molar-refractivity contribution in [3.05, 3.63) is 63.1 Å². The lowest BCUT2D eigenvalue weighted by atomic mass is 9.89. The van der Waals surface area contributed by atoms with E-state index < -0.39 is 23.3 Å². The van der Waals surface area contributed by atoms with Gasteiger partial charge in [0.2, 0.25) is 0 Å². The highest BCUT2D eigenvalue weighted by Gasteiger charge is 2.33. The molecule has 1 aromatic carbocycles. The van der Waals surface area contributed by atoms with Gasteiger partial charge in [-0.25, -0.2) is 0 Å². The summed E-state index contributed by atoms with van der Waals surface area (Å²) in [5.74, 6) is -0.690. The molecule has 0 saturated carbocycles. The summed E-state index contributed by atoms with van der Waals surface area (Å²) >= 11 is 0. The van der Waals surface area contributed by atoms with E-state index in [0.717, 1.165) is 35.7 Å². The molecule has 1 aliphatic rings. The predicted octanol–water partition coefficient (Wildman–Crippen LogP) is 4.16. The molecule has 0 radical (unpaired) electrons. The van der Waals surface area contributed by atoms with E-state index in [9.17, 15) is 22.8 Å². The summed E-state index contributed by atoms with van der Waals surface area (Å²) in [6.07, 6.45) is -2.15. The van der Waals surface area contributed by atoms with Crippen LogP contribution in [0.1, 0.15) is 59.4 Å².